The molecule has 0 saturated carbocycles. The van der Waals surface area contributed by atoms with Crippen LogP contribution in [0.25, 0.3) is 16.2 Å². The molecule has 0 aliphatic carbocycles. The number of amides is 1. The summed E-state index contributed by atoms with van der Waals surface area (Å²) >= 11 is 1.42. The molecule has 1 aromatic carbocycles. The highest BCUT2D eigenvalue weighted by Gasteiger charge is 2.23. The van der Waals surface area contributed by atoms with E-state index in [-0.39, 0.29) is 23.8 Å². The van der Waals surface area contributed by atoms with Crippen LogP contribution in [0.3, 0.4) is 0 Å². The monoisotopic (exact) mass is 501 g/mol. The SMILES string of the molecule is CC1CCCCN1CCNC(=O)CN(C)c1nn2c(NC(C)(C)C)c(-c3ccc(F)cc3)nc2s1. The number of aromatic nitrogens is 3. The van der Waals surface area contributed by atoms with Gasteiger partial charge in [-0.2, -0.15) is 4.52 Å². The van der Waals surface area contributed by atoms with Gasteiger partial charge in [-0.15, -0.1) is 5.10 Å². The molecule has 1 amide bonds. The standard InChI is InChI=1S/C25H36FN7OS/c1-17-8-6-7-14-32(17)15-13-27-20(34)16-31(5)24-30-33-22(29-25(2,3)4)21(28-23(33)35-24)18-9-11-19(26)12-10-18/h9-12,17,29H,6-8,13-16H2,1-5H3,(H,27,34). The number of halogens is 1. The van der Waals surface area contributed by atoms with Crippen LogP contribution in [0, 0.1) is 5.82 Å². The van der Waals surface area contributed by atoms with Crippen molar-refractivity contribution in [2.24, 2.45) is 0 Å². The molecular formula is C25H36FN7OS. The van der Waals surface area contributed by atoms with E-state index < -0.39 is 0 Å². The molecule has 1 aliphatic rings. The lowest BCUT2D eigenvalue weighted by atomic mass is 10.0. The topological polar surface area (TPSA) is 77.8 Å². The zero-order valence-corrected chi connectivity index (χ0v) is 22.1. The Kier molecular flexibility index (Phi) is 7.61. The normalized spacial score (nSPS) is 17.0. The minimum Gasteiger partial charge on any atom is -0.364 e. The molecule has 1 aliphatic heterocycles. The van der Waals surface area contributed by atoms with Gasteiger partial charge in [-0.05, 0) is 71.3 Å². The van der Waals surface area contributed by atoms with Crippen LogP contribution in [0.1, 0.15) is 47.0 Å². The molecule has 0 bridgehead atoms. The average Bonchev–Trinajstić information content (AvgIpc) is 3.34. The molecule has 4 rings (SSSR count). The van der Waals surface area contributed by atoms with Gasteiger partial charge in [0.15, 0.2) is 5.82 Å². The van der Waals surface area contributed by atoms with Crippen LogP contribution in [0.2, 0.25) is 0 Å². The predicted molar refractivity (Wildman–Crippen MR) is 141 cm³/mol. The van der Waals surface area contributed by atoms with Gasteiger partial charge in [0, 0.05) is 37.3 Å². The highest BCUT2D eigenvalue weighted by molar-refractivity contribution is 7.20. The van der Waals surface area contributed by atoms with Gasteiger partial charge in [-0.25, -0.2) is 9.37 Å². The summed E-state index contributed by atoms with van der Waals surface area (Å²) in [6.45, 7) is 11.3. The Morgan fingerprint density at radius 2 is 2.00 bits per heavy atom. The van der Waals surface area contributed by atoms with Crippen LogP contribution in [0.5, 0.6) is 0 Å². The lowest BCUT2D eigenvalue weighted by molar-refractivity contribution is -0.119. The van der Waals surface area contributed by atoms with E-state index in [0.29, 0.717) is 22.7 Å². The van der Waals surface area contributed by atoms with Crippen molar-refractivity contribution in [1.29, 1.82) is 0 Å². The Hall–Kier alpha value is -2.72. The number of nitrogens with zero attached hydrogens (tertiary/aromatic N) is 5. The second-order valence-electron chi connectivity index (χ2n) is 10.4. The van der Waals surface area contributed by atoms with E-state index in [1.165, 1.54) is 42.7 Å². The fourth-order valence-electron chi connectivity index (χ4n) is 4.34. The van der Waals surface area contributed by atoms with Crippen molar-refractivity contribution in [1.82, 2.24) is 24.8 Å². The molecule has 1 fully saturated rings. The number of likely N-dealkylation sites (tertiary alicyclic amines) is 1. The maximum atomic E-state index is 13.5. The van der Waals surface area contributed by atoms with E-state index >= 15 is 0 Å². The molecule has 3 aromatic rings. The summed E-state index contributed by atoms with van der Waals surface area (Å²) in [5, 5.41) is 12.0. The first kappa shape index (κ1) is 25.4. The van der Waals surface area contributed by atoms with Crippen molar-refractivity contribution < 1.29 is 9.18 Å². The number of nitrogens with one attached hydrogen (secondary N) is 2. The van der Waals surface area contributed by atoms with E-state index in [4.69, 9.17) is 10.1 Å². The van der Waals surface area contributed by atoms with Gasteiger partial charge in [-0.3, -0.25) is 9.69 Å². The lowest BCUT2D eigenvalue weighted by Gasteiger charge is -2.33. The van der Waals surface area contributed by atoms with Crippen LogP contribution in [-0.2, 0) is 4.79 Å². The summed E-state index contributed by atoms with van der Waals surface area (Å²) < 4.78 is 15.2. The third-order valence-corrected chi connectivity index (χ3v) is 7.20. The molecule has 8 nitrogen and oxygen atoms in total. The van der Waals surface area contributed by atoms with E-state index in [2.05, 4.69) is 43.2 Å². The molecule has 2 N–H and O–H groups in total. The average molecular weight is 502 g/mol. The fourth-order valence-corrected chi connectivity index (χ4v) is 5.20. The van der Waals surface area contributed by atoms with Gasteiger partial charge in [0.1, 0.15) is 11.5 Å². The molecule has 3 heterocycles. The number of hydrogen-bond donors (Lipinski definition) is 2. The Labute approximate surface area is 210 Å². The second-order valence-corrected chi connectivity index (χ2v) is 11.3. The third kappa shape index (κ3) is 6.29. The number of likely N-dealkylation sites (N-methyl/N-ethyl adjacent to an activating group) is 1. The summed E-state index contributed by atoms with van der Waals surface area (Å²) in [7, 11) is 1.86. The van der Waals surface area contributed by atoms with Crippen molar-refractivity contribution in [2.75, 3.05) is 43.4 Å². The number of anilines is 2. The van der Waals surface area contributed by atoms with Crippen molar-refractivity contribution >= 4 is 33.2 Å². The molecule has 2 aromatic heterocycles. The van der Waals surface area contributed by atoms with Crippen molar-refractivity contribution in [3.63, 3.8) is 0 Å². The summed E-state index contributed by atoms with van der Waals surface area (Å²) in [4.78, 5) is 22.4. The summed E-state index contributed by atoms with van der Waals surface area (Å²) in [5.74, 6) is 0.436. The molecule has 1 atom stereocenters. The Morgan fingerprint density at radius 1 is 1.26 bits per heavy atom. The van der Waals surface area contributed by atoms with Gasteiger partial charge < -0.3 is 15.5 Å². The van der Waals surface area contributed by atoms with E-state index in [1.807, 2.05) is 11.9 Å². The minimum atomic E-state index is -0.286. The van der Waals surface area contributed by atoms with E-state index in [0.717, 1.165) is 30.2 Å². The number of carbonyl (C=O) groups is 1. The minimum absolute atomic E-state index is 0.0231. The number of rotatable bonds is 8. The number of hydrogen-bond acceptors (Lipinski definition) is 7. The first-order valence-corrected chi connectivity index (χ1v) is 13.1. The molecule has 35 heavy (non-hydrogen) atoms. The maximum absolute atomic E-state index is 13.5. The first-order chi connectivity index (χ1) is 16.6. The Bertz CT molecular complexity index is 1150. The molecule has 10 heteroatoms. The summed E-state index contributed by atoms with van der Waals surface area (Å²) in [6.07, 6.45) is 3.77. The second kappa shape index (κ2) is 10.5. The van der Waals surface area contributed by atoms with Gasteiger partial charge in [0.2, 0.25) is 16.0 Å². The molecule has 0 spiro atoms. The third-order valence-electron chi connectivity index (χ3n) is 6.17. The highest BCUT2D eigenvalue weighted by atomic mass is 32.1. The molecule has 190 valence electrons. The number of fused-ring (bicyclic) bond motifs is 1. The molecule has 1 saturated heterocycles. The maximum Gasteiger partial charge on any atom is 0.239 e. The van der Waals surface area contributed by atoms with Crippen LogP contribution >= 0.6 is 11.3 Å². The van der Waals surface area contributed by atoms with Crippen molar-refractivity contribution in [2.45, 2.75) is 58.5 Å². The van der Waals surface area contributed by atoms with Gasteiger partial charge in [-0.1, -0.05) is 17.8 Å². The number of imidazole rings is 1. The highest BCUT2D eigenvalue weighted by Crippen LogP contribution is 2.34. The lowest BCUT2D eigenvalue weighted by Crippen LogP contribution is -2.44. The zero-order chi connectivity index (χ0) is 25.2. The quantitative estimate of drug-likeness (QED) is 0.481. The smallest absolute Gasteiger partial charge is 0.239 e. The first-order valence-electron chi connectivity index (χ1n) is 12.3. The molecular weight excluding hydrogens is 465 g/mol. The number of piperidine rings is 1. The van der Waals surface area contributed by atoms with Crippen LogP contribution in [0.4, 0.5) is 15.3 Å². The number of carbonyl (C=O) groups excluding carboxylic acids is 1. The van der Waals surface area contributed by atoms with Crippen molar-refractivity contribution in [3.05, 3.63) is 30.1 Å². The van der Waals surface area contributed by atoms with Crippen LogP contribution in [-0.4, -0.2) is 70.2 Å². The summed E-state index contributed by atoms with van der Waals surface area (Å²) in [5.41, 5.74) is 1.30. The van der Waals surface area contributed by atoms with E-state index in [1.54, 1.807) is 16.6 Å². The fraction of sp³-hybridized carbons (Fsp3) is 0.560. The predicted octanol–water partition coefficient (Wildman–Crippen LogP) is 4.23. The van der Waals surface area contributed by atoms with Crippen LogP contribution in [0.15, 0.2) is 24.3 Å². The van der Waals surface area contributed by atoms with Gasteiger partial charge in [0.05, 0.1) is 6.54 Å². The largest absolute Gasteiger partial charge is 0.364 e. The van der Waals surface area contributed by atoms with Gasteiger partial charge >= 0.3 is 0 Å². The molecule has 1 unspecified atom stereocenters. The summed E-state index contributed by atoms with van der Waals surface area (Å²) in [6, 6.07) is 6.89. The van der Waals surface area contributed by atoms with Crippen molar-refractivity contribution in [3.8, 4) is 11.3 Å². The molecule has 0 radical (unpaired) electrons. The number of benzene rings is 1. The van der Waals surface area contributed by atoms with Crippen LogP contribution < -0.4 is 15.5 Å². The van der Waals surface area contributed by atoms with E-state index in [9.17, 15) is 9.18 Å². The Morgan fingerprint density at radius 3 is 2.69 bits per heavy atom. The Balaban J connectivity index is 1.45. The zero-order valence-electron chi connectivity index (χ0n) is 21.3. The van der Waals surface area contributed by atoms with Gasteiger partial charge in [0.25, 0.3) is 0 Å².